The minimum atomic E-state index is -0.204. The van der Waals surface area contributed by atoms with Gasteiger partial charge in [-0.2, -0.15) is 5.26 Å². The van der Waals surface area contributed by atoms with Gasteiger partial charge in [0.05, 0.1) is 18.7 Å². The molecule has 1 aliphatic carbocycles. The molecule has 0 saturated heterocycles. The van der Waals surface area contributed by atoms with Gasteiger partial charge in [0.1, 0.15) is 0 Å². The Hall–Kier alpha value is -1.08. The second-order valence-corrected chi connectivity index (χ2v) is 3.31. The molecule has 4 heteroatoms. The van der Waals surface area contributed by atoms with E-state index in [-0.39, 0.29) is 18.5 Å². The maximum absolute atomic E-state index is 11.1. The first-order valence-electron chi connectivity index (χ1n) is 4.68. The number of hydrogen-bond acceptors (Lipinski definition) is 3. The van der Waals surface area contributed by atoms with E-state index in [2.05, 4.69) is 16.7 Å². The van der Waals surface area contributed by atoms with E-state index in [9.17, 15) is 4.79 Å². The summed E-state index contributed by atoms with van der Waals surface area (Å²) in [6, 6.07) is 2.28. The van der Waals surface area contributed by atoms with Gasteiger partial charge in [0.2, 0.25) is 5.91 Å². The van der Waals surface area contributed by atoms with Crippen molar-refractivity contribution in [2.45, 2.75) is 38.3 Å². The minimum absolute atomic E-state index is 0.00352. The van der Waals surface area contributed by atoms with E-state index in [1.54, 1.807) is 0 Å². The maximum atomic E-state index is 11.1. The highest BCUT2D eigenvalue weighted by atomic mass is 16.2. The van der Waals surface area contributed by atoms with Crippen molar-refractivity contribution in [3.05, 3.63) is 0 Å². The van der Waals surface area contributed by atoms with E-state index < -0.39 is 0 Å². The molecule has 1 amide bonds. The Morgan fingerprint density at radius 2 is 2.38 bits per heavy atom. The summed E-state index contributed by atoms with van der Waals surface area (Å²) in [6.07, 6.45) is 2.93. The van der Waals surface area contributed by atoms with Gasteiger partial charge in [-0.05, 0) is 19.3 Å². The van der Waals surface area contributed by atoms with Crippen LogP contribution in [0.4, 0.5) is 0 Å². The van der Waals surface area contributed by atoms with Crippen molar-refractivity contribution >= 4 is 5.91 Å². The lowest BCUT2D eigenvalue weighted by Gasteiger charge is -2.08. The number of nitrogens with one attached hydrogen (secondary N) is 2. The van der Waals surface area contributed by atoms with Crippen LogP contribution < -0.4 is 10.6 Å². The molecule has 0 aromatic rings. The zero-order chi connectivity index (χ0) is 9.68. The zero-order valence-electron chi connectivity index (χ0n) is 7.84. The molecule has 72 valence electrons. The average molecular weight is 181 g/mol. The largest absolute Gasteiger partial charge is 0.352 e. The van der Waals surface area contributed by atoms with E-state index in [0.717, 1.165) is 19.3 Å². The fourth-order valence-corrected chi connectivity index (χ4v) is 1.00. The minimum Gasteiger partial charge on any atom is -0.352 e. The van der Waals surface area contributed by atoms with Gasteiger partial charge in [-0.15, -0.1) is 0 Å². The first kappa shape index (κ1) is 10.0. The normalized spacial score (nSPS) is 17.5. The summed E-state index contributed by atoms with van der Waals surface area (Å²) >= 11 is 0. The van der Waals surface area contributed by atoms with Crippen molar-refractivity contribution in [1.82, 2.24) is 10.6 Å². The molecule has 4 nitrogen and oxygen atoms in total. The van der Waals surface area contributed by atoms with Crippen molar-refractivity contribution in [3.63, 3.8) is 0 Å². The highest BCUT2D eigenvalue weighted by molar-refractivity contribution is 5.78. The monoisotopic (exact) mass is 181 g/mol. The van der Waals surface area contributed by atoms with E-state index >= 15 is 0 Å². The van der Waals surface area contributed by atoms with Crippen LogP contribution >= 0.6 is 0 Å². The topological polar surface area (TPSA) is 64.9 Å². The Morgan fingerprint density at radius 1 is 1.69 bits per heavy atom. The van der Waals surface area contributed by atoms with Gasteiger partial charge in [0.15, 0.2) is 0 Å². The van der Waals surface area contributed by atoms with E-state index in [4.69, 9.17) is 5.26 Å². The van der Waals surface area contributed by atoms with Crippen molar-refractivity contribution in [2.75, 3.05) is 6.54 Å². The van der Waals surface area contributed by atoms with Gasteiger partial charge in [-0.1, -0.05) is 6.92 Å². The molecule has 1 atom stereocenters. The highest BCUT2D eigenvalue weighted by Gasteiger charge is 2.23. The van der Waals surface area contributed by atoms with Crippen LogP contribution in [-0.2, 0) is 4.79 Å². The maximum Gasteiger partial charge on any atom is 0.234 e. The molecule has 1 rings (SSSR count). The Bertz CT molecular complexity index is 217. The van der Waals surface area contributed by atoms with Gasteiger partial charge in [-0.25, -0.2) is 0 Å². The Balaban J connectivity index is 2.09. The molecule has 1 aliphatic rings. The molecule has 13 heavy (non-hydrogen) atoms. The third-order valence-corrected chi connectivity index (χ3v) is 2.02. The fourth-order valence-electron chi connectivity index (χ4n) is 1.00. The molecular formula is C9H15N3O. The van der Waals surface area contributed by atoms with Crippen LogP contribution in [0.3, 0.4) is 0 Å². The molecule has 1 unspecified atom stereocenters. The highest BCUT2D eigenvalue weighted by Crippen LogP contribution is 2.18. The number of nitrogens with zero attached hydrogens (tertiary/aromatic N) is 1. The first-order chi connectivity index (χ1) is 6.26. The van der Waals surface area contributed by atoms with Crippen molar-refractivity contribution < 1.29 is 4.79 Å². The Labute approximate surface area is 78.3 Å². The zero-order valence-corrected chi connectivity index (χ0v) is 7.84. The van der Waals surface area contributed by atoms with Crippen molar-refractivity contribution in [3.8, 4) is 6.07 Å². The Kier molecular flexibility index (Phi) is 3.71. The molecule has 1 saturated carbocycles. The lowest BCUT2D eigenvalue weighted by atomic mass is 10.2. The molecule has 0 aromatic carbocycles. The molecule has 2 N–H and O–H groups in total. The molecule has 0 aliphatic heterocycles. The summed E-state index contributed by atoms with van der Waals surface area (Å²) in [5, 5.41) is 14.3. The second-order valence-electron chi connectivity index (χ2n) is 3.31. The molecule has 1 fully saturated rings. The summed E-state index contributed by atoms with van der Waals surface area (Å²) in [5.74, 6) is -0.00352. The van der Waals surface area contributed by atoms with E-state index in [1.807, 2.05) is 6.92 Å². The van der Waals surface area contributed by atoms with Crippen LogP contribution in [0.25, 0.3) is 0 Å². The van der Waals surface area contributed by atoms with Gasteiger partial charge in [0.25, 0.3) is 0 Å². The predicted octanol–water partition coefficient (Wildman–Crippen LogP) is 0.157. The molecule has 0 heterocycles. The van der Waals surface area contributed by atoms with E-state index in [0.29, 0.717) is 6.04 Å². The summed E-state index contributed by atoms with van der Waals surface area (Å²) < 4.78 is 0. The molecule has 0 spiro atoms. The van der Waals surface area contributed by atoms with Gasteiger partial charge in [-0.3, -0.25) is 10.1 Å². The lowest BCUT2D eigenvalue weighted by molar-refractivity contribution is -0.120. The van der Waals surface area contributed by atoms with Crippen LogP contribution in [0, 0.1) is 11.3 Å². The van der Waals surface area contributed by atoms with E-state index in [1.165, 1.54) is 0 Å². The number of amides is 1. The molecule has 0 bridgehead atoms. The standard InChI is InChI=1S/C9H15N3O/c1-2-7(5-10)11-6-9(13)12-8-3-4-8/h7-8,11H,2-4,6H2,1H3,(H,12,13). The number of carbonyl (C=O) groups excluding carboxylic acids is 1. The van der Waals surface area contributed by atoms with Crippen molar-refractivity contribution in [1.29, 1.82) is 5.26 Å². The number of hydrogen-bond donors (Lipinski definition) is 2. The first-order valence-corrected chi connectivity index (χ1v) is 4.68. The summed E-state index contributed by atoms with van der Waals surface area (Å²) in [6.45, 7) is 2.17. The quantitative estimate of drug-likeness (QED) is 0.635. The Morgan fingerprint density at radius 3 is 2.85 bits per heavy atom. The third-order valence-electron chi connectivity index (χ3n) is 2.02. The summed E-state index contributed by atoms with van der Waals surface area (Å²) in [5.41, 5.74) is 0. The van der Waals surface area contributed by atoms with Gasteiger partial charge in [0, 0.05) is 6.04 Å². The number of carbonyl (C=O) groups is 1. The molecular weight excluding hydrogens is 166 g/mol. The number of nitriles is 1. The lowest BCUT2D eigenvalue weighted by Crippen LogP contribution is -2.39. The second kappa shape index (κ2) is 4.83. The molecule has 0 aromatic heterocycles. The summed E-state index contributed by atoms with van der Waals surface area (Å²) in [4.78, 5) is 11.1. The number of rotatable bonds is 5. The van der Waals surface area contributed by atoms with Crippen LogP contribution in [0.1, 0.15) is 26.2 Å². The van der Waals surface area contributed by atoms with Crippen LogP contribution in [0.15, 0.2) is 0 Å². The third kappa shape index (κ3) is 3.90. The van der Waals surface area contributed by atoms with Crippen molar-refractivity contribution in [2.24, 2.45) is 0 Å². The fraction of sp³-hybridized carbons (Fsp3) is 0.778. The summed E-state index contributed by atoms with van der Waals surface area (Å²) in [7, 11) is 0. The van der Waals surface area contributed by atoms with Gasteiger partial charge < -0.3 is 5.32 Å². The SMILES string of the molecule is CCC(C#N)NCC(=O)NC1CC1. The average Bonchev–Trinajstić information content (AvgIpc) is 2.90. The van der Waals surface area contributed by atoms with Crippen LogP contribution in [-0.4, -0.2) is 24.5 Å². The molecule has 0 radical (unpaired) electrons. The van der Waals surface area contributed by atoms with Crippen LogP contribution in [0.2, 0.25) is 0 Å². The van der Waals surface area contributed by atoms with Gasteiger partial charge >= 0.3 is 0 Å². The predicted molar refractivity (Wildman–Crippen MR) is 48.9 cm³/mol. The van der Waals surface area contributed by atoms with Crippen LogP contribution in [0.5, 0.6) is 0 Å². The smallest absolute Gasteiger partial charge is 0.234 e.